The largest absolute Gasteiger partial charge is 0.361 e. The third-order valence-electron chi connectivity index (χ3n) is 4.67. The van der Waals surface area contributed by atoms with Gasteiger partial charge in [-0.2, -0.15) is 0 Å². The fourth-order valence-corrected chi connectivity index (χ4v) is 3.37. The van der Waals surface area contributed by atoms with Crippen LogP contribution < -0.4 is 4.90 Å². The lowest BCUT2D eigenvalue weighted by Gasteiger charge is -2.48. The van der Waals surface area contributed by atoms with Crippen LogP contribution in [0.2, 0.25) is 0 Å². The number of nitrogens with zero attached hydrogens (tertiary/aromatic N) is 6. The Labute approximate surface area is 135 Å². The van der Waals surface area contributed by atoms with Gasteiger partial charge in [-0.05, 0) is 13.0 Å². The van der Waals surface area contributed by atoms with Crippen molar-refractivity contribution >= 4 is 5.95 Å². The number of aromatic nitrogens is 3. The number of aryl methyl sites for hydroxylation is 1. The normalized spacial score (nSPS) is 20.7. The molecule has 2 saturated heterocycles. The van der Waals surface area contributed by atoms with Crippen LogP contribution in [0.3, 0.4) is 0 Å². The smallest absolute Gasteiger partial charge is 0.225 e. The van der Waals surface area contributed by atoms with Crippen LogP contribution in [0, 0.1) is 6.92 Å². The summed E-state index contributed by atoms with van der Waals surface area (Å²) in [6, 6.07) is 4.55. The lowest BCUT2D eigenvalue weighted by molar-refractivity contribution is 0.0242. The Bertz CT molecular complexity index is 631. The molecule has 0 aliphatic carbocycles. The van der Waals surface area contributed by atoms with Crippen molar-refractivity contribution in [3.05, 3.63) is 36.0 Å². The zero-order valence-corrected chi connectivity index (χ0v) is 13.4. The molecule has 0 atom stereocenters. The van der Waals surface area contributed by atoms with Gasteiger partial charge in [0.25, 0.3) is 0 Å². The second kappa shape index (κ2) is 6.25. The fraction of sp³-hybridized carbons (Fsp3) is 0.562. The third kappa shape index (κ3) is 3.20. The lowest BCUT2D eigenvalue weighted by atomic mass is 10.1. The number of anilines is 1. The van der Waals surface area contributed by atoms with Crippen molar-refractivity contribution < 1.29 is 4.52 Å². The first-order valence-electron chi connectivity index (χ1n) is 8.18. The van der Waals surface area contributed by atoms with Gasteiger partial charge in [-0.25, -0.2) is 9.97 Å². The van der Waals surface area contributed by atoms with Gasteiger partial charge in [-0.1, -0.05) is 5.16 Å². The highest BCUT2D eigenvalue weighted by atomic mass is 16.5. The molecule has 2 fully saturated rings. The minimum Gasteiger partial charge on any atom is -0.361 e. The summed E-state index contributed by atoms with van der Waals surface area (Å²) in [5.74, 6) is 1.74. The highest BCUT2D eigenvalue weighted by molar-refractivity contribution is 5.29. The van der Waals surface area contributed by atoms with Gasteiger partial charge in [0.05, 0.1) is 5.69 Å². The molecule has 2 aromatic rings. The molecule has 0 amide bonds. The van der Waals surface area contributed by atoms with Crippen LogP contribution in [0.25, 0.3) is 0 Å². The number of hydrogen-bond acceptors (Lipinski definition) is 7. The lowest BCUT2D eigenvalue weighted by Crippen LogP contribution is -2.62. The molecule has 2 aliphatic heterocycles. The Morgan fingerprint density at radius 2 is 1.87 bits per heavy atom. The first kappa shape index (κ1) is 14.6. The molecule has 0 radical (unpaired) electrons. The molecule has 0 spiro atoms. The van der Waals surface area contributed by atoms with E-state index in [0.717, 1.165) is 63.2 Å². The molecular weight excluding hydrogens is 292 g/mol. The molecular formula is C16H22N6O. The van der Waals surface area contributed by atoms with Crippen LogP contribution in [0.15, 0.2) is 29.0 Å². The van der Waals surface area contributed by atoms with E-state index in [2.05, 4.69) is 29.8 Å². The maximum absolute atomic E-state index is 5.13. The van der Waals surface area contributed by atoms with Gasteiger partial charge in [0.1, 0.15) is 5.76 Å². The highest BCUT2D eigenvalue weighted by Gasteiger charge is 2.34. The Balaban J connectivity index is 1.23. The number of rotatable bonds is 4. The zero-order chi connectivity index (χ0) is 15.6. The van der Waals surface area contributed by atoms with E-state index in [1.807, 2.05) is 31.5 Å². The maximum atomic E-state index is 5.13. The van der Waals surface area contributed by atoms with E-state index < -0.39 is 0 Å². The first-order valence-corrected chi connectivity index (χ1v) is 8.18. The molecule has 0 N–H and O–H groups in total. The predicted octanol–water partition coefficient (Wildman–Crippen LogP) is 0.779. The van der Waals surface area contributed by atoms with Crippen molar-refractivity contribution in [3.63, 3.8) is 0 Å². The molecule has 23 heavy (non-hydrogen) atoms. The highest BCUT2D eigenvalue weighted by Crippen LogP contribution is 2.20. The molecule has 7 heteroatoms. The van der Waals surface area contributed by atoms with Crippen LogP contribution in [0.4, 0.5) is 5.95 Å². The average Bonchev–Trinajstić information content (AvgIpc) is 2.97. The van der Waals surface area contributed by atoms with Gasteiger partial charge < -0.3 is 9.42 Å². The molecule has 2 aliphatic rings. The molecule has 122 valence electrons. The van der Waals surface area contributed by atoms with Gasteiger partial charge in [-0.3, -0.25) is 9.80 Å². The van der Waals surface area contributed by atoms with E-state index in [1.165, 1.54) is 0 Å². The summed E-state index contributed by atoms with van der Waals surface area (Å²) in [4.78, 5) is 16.0. The minimum atomic E-state index is 0.668. The summed E-state index contributed by atoms with van der Waals surface area (Å²) in [6.45, 7) is 9.24. The molecule has 4 heterocycles. The fourth-order valence-electron chi connectivity index (χ4n) is 3.37. The van der Waals surface area contributed by atoms with E-state index in [1.54, 1.807) is 0 Å². The first-order chi connectivity index (χ1) is 11.3. The van der Waals surface area contributed by atoms with Crippen LogP contribution >= 0.6 is 0 Å². The second-order valence-corrected chi connectivity index (χ2v) is 6.35. The molecule has 7 nitrogen and oxygen atoms in total. The summed E-state index contributed by atoms with van der Waals surface area (Å²) in [5, 5.41) is 4.07. The van der Waals surface area contributed by atoms with Crippen LogP contribution in [-0.2, 0) is 6.54 Å². The monoisotopic (exact) mass is 314 g/mol. The van der Waals surface area contributed by atoms with Gasteiger partial charge in [-0.15, -0.1) is 0 Å². The summed E-state index contributed by atoms with van der Waals surface area (Å²) in [6.07, 6.45) is 3.62. The van der Waals surface area contributed by atoms with Crippen LogP contribution in [-0.4, -0.2) is 70.2 Å². The van der Waals surface area contributed by atoms with Crippen LogP contribution in [0.1, 0.15) is 11.5 Å². The van der Waals surface area contributed by atoms with Gasteiger partial charge in [0.2, 0.25) is 5.95 Å². The maximum Gasteiger partial charge on any atom is 0.225 e. The Morgan fingerprint density at radius 3 is 2.52 bits per heavy atom. The molecule has 0 aromatic carbocycles. The standard InChI is InChI=1S/C16H22N6O/c1-13-9-14(19-23-13)10-20-11-15(12-20)21-5-7-22(8-6-21)16-17-3-2-4-18-16/h2-4,9,15H,5-8,10-12H2,1H3. The summed E-state index contributed by atoms with van der Waals surface area (Å²) >= 11 is 0. The second-order valence-electron chi connectivity index (χ2n) is 6.35. The topological polar surface area (TPSA) is 61.5 Å². The number of likely N-dealkylation sites (tertiary alicyclic amines) is 1. The van der Waals surface area contributed by atoms with E-state index >= 15 is 0 Å². The third-order valence-corrected chi connectivity index (χ3v) is 4.67. The Hall–Kier alpha value is -1.99. The van der Waals surface area contributed by atoms with Crippen molar-refractivity contribution in [2.75, 3.05) is 44.2 Å². The predicted molar refractivity (Wildman–Crippen MR) is 86.1 cm³/mol. The average molecular weight is 314 g/mol. The Kier molecular flexibility index (Phi) is 3.97. The SMILES string of the molecule is Cc1cc(CN2CC(N3CCN(c4ncccn4)CC3)C2)no1. The summed E-state index contributed by atoms with van der Waals surface area (Å²) in [7, 11) is 0. The molecule has 4 rings (SSSR count). The summed E-state index contributed by atoms with van der Waals surface area (Å²) < 4.78 is 5.13. The van der Waals surface area contributed by atoms with E-state index in [9.17, 15) is 0 Å². The van der Waals surface area contributed by atoms with Gasteiger partial charge in [0.15, 0.2) is 0 Å². The van der Waals surface area contributed by atoms with Crippen molar-refractivity contribution in [2.45, 2.75) is 19.5 Å². The van der Waals surface area contributed by atoms with Gasteiger partial charge >= 0.3 is 0 Å². The molecule has 2 aromatic heterocycles. The Morgan fingerprint density at radius 1 is 1.13 bits per heavy atom. The number of hydrogen-bond donors (Lipinski definition) is 0. The van der Waals surface area contributed by atoms with Crippen LogP contribution in [0.5, 0.6) is 0 Å². The zero-order valence-electron chi connectivity index (χ0n) is 13.4. The van der Waals surface area contributed by atoms with Gasteiger partial charge in [0, 0.05) is 70.3 Å². The van der Waals surface area contributed by atoms with Crippen molar-refractivity contribution in [2.24, 2.45) is 0 Å². The van der Waals surface area contributed by atoms with E-state index in [0.29, 0.717) is 6.04 Å². The molecule has 0 saturated carbocycles. The van der Waals surface area contributed by atoms with E-state index in [-0.39, 0.29) is 0 Å². The quantitative estimate of drug-likeness (QED) is 0.826. The molecule has 0 bridgehead atoms. The van der Waals surface area contributed by atoms with Crippen molar-refractivity contribution in [3.8, 4) is 0 Å². The molecule has 0 unspecified atom stereocenters. The van der Waals surface area contributed by atoms with Crippen molar-refractivity contribution in [1.29, 1.82) is 0 Å². The van der Waals surface area contributed by atoms with Crippen molar-refractivity contribution in [1.82, 2.24) is 24.9 Å². The van der Waals surface area contributed by atoms with E-state index in [4.69, 9.17) is 4.52 Å². The summed E-state index contributed by atoms with van der Waals surface area (Å²) in [5.41, 5.74) is 1.03. The minimum absolute atomic E-state index is 0.668. The number of piperazine rings is 1.